The van der Waals surface area contributed by atoms with E-state index in [1.54, 1.807) is 0 Å². The Balaban J connectivity index is 3.50. The summed E-state index contributed by atoms with van der Waals surface area (Å²) < 4.78 is 70.9. The van der Waals surface area contributed by atoms with Crippen molar-refractivity contribution in [2.24, 2.45) is 5.14 Å². The molecule has 1 rings (SSSR count). The summed E-state index contributed by atoms with van der Waals surface area (Å²) in [5.74, 6) is -3.24. The number of primary sulfonamides is 1. The maximum Gasteiger partial charge on any atom is 0.283 e. The quantitative estimate of drug-likeness (QED) is 0.787. The number of nitrogens with two attached hydrogens (primary N) is 1. The van der Waals surface area contributed by atoms with Crippen molar-refractivity contribution in [2.45, 2.75) is 11.5 Å². The first-order valence-corrected chi connectivity index (χ1v) is 4.95. The minimum absolute atomic E-state index is 0.00572. The molecule has 0 saturated heterocycles. The van der Waals surface area contributed by atoms with Gasteiger partial charge in [-0.3, -0.25) is 0 Å². The van der Waals surface area contributed by atoms with Gasteiger partial charge in [-0.1, -0.05) is 0 Å². The Morgan fingerprint density at radius 2 is 1.80 bits per heavy atom. The van der Waals surface area contributed by atoms with Crippen LogP contribution in [0.2, 0.25) is 0 Å². The van der Waals surface area contributed by atoms with Crippen molar-refractivity contribution < 1.29 is 26.0 Å². The molecule has 0 bridgehead atoms. The molecule has 1 heterocycles. The van der Waals surface area contributed by atoms with Gasteiger partial charge in [0, 0.05) is 6.07 Å². The summed E-state index contributed by atoms with van der Waals surface area (Å²) in [6.07, 6.45) is -3.36. The second-order valence-electron chi connectivity index (χ2n) is 2.49. The third-order valence-corrected chi connectivity index (χ3v) is 2.23. The Labute approximate surface area is 81.8 Å². The van der Waals surface area contributed by atoms with Gasteiger partial charge in [0.1, 0.15) is 5.69 Å². The second kappa shape index (κ2) is 3.74. The largest absolute Gasteiger partial charge is 0.283 e. The van der Waals surface area contributed by atoms with Crippen molar-refractivity contribution >= 4 is 10.0 Å². The van der Waals surface area contributed by atoms with Gasteiger partial charge in [-0.25, -0.2) is 36.1 Å². The van der Waals surface area contributed by atoms with Gasteiger partial charge < -0.3 is 0 Å². The van der Waals surface area contributed by atoms with Gasteiger partial charge in [0.2, 0.25) is 5.03 Å². The Hall–Kier alpha value is -1.22. The van der Waals surface area contributed by atoms with E-state index in [1.165, 1.54) is 0 Å². The zero-order valence-electron chi connectivity index (χ0n) is 6.92. The Bertz CT molecular complexity index is 488. The van der Waals surface area contributed by atoms with Crippen LogP contribution in [0.3, 0.4) is 0 Å². The van der Waals surface area contributed by atoms with Gasteiger partial charge in [-0.15, -0.1) is 0 Å². The van der Waals surface area contributed by atoms with Crippen LogP contribution in [0.15, 0.2) is 11.1 Å². The predicted molar refractivity (Wildman–Crippen MR) is 40.5 cm³/mol. The van der Waals surface area contributed by atoms with E-state index in [2.05, 4.69) is 10.1 Å². The molecule has 0 atom stereocenters. The normalized spacial score (nSPS) is 12.1. The van der Waals surface area contributed by atoms with Crippen molar-refractivity contribution in [1.29, 1.82) is 0 Å². The lowest BCUT2D eigenvalue weighted by Crippen LogP contribution is -2.17. The first kappa shape index (κ1) is 11.9. The van der Waals surface area contributed by atoms with E-state index < -0.39 is 38.8 Å². The first-order chi connectivity index (χ1) is 6.73. The molecule has 9 heteroatoms. The van der Waals surface area contributed by atoms with Gasteiger partial charge in [-0.2, -0.15) is 0 Å². The summed E-state index contributed by atoms with van der Waals surface area (Å²) in [6.45, 7) is 0. The highest BCUT2D eigenvalue weighted by Crippen LogP contribution is 2.22. The molecule has 1 aromatic rings. The van der Waals surface area contributed by atoms with Crippen LogP contribution in [0, 0.1) is 11.6 Å². The van der Waals surface area contributed by atoms with Crippen LogP contribution < -0.4 is 5.14 Å². The van der Waals surface area contributed by atoms with Crippen LogP contribution in [-0.4, -0.2) is 13.4 Å². The van der Waals surface area contributed by atoms with E-state index >= 15 is 0 Å². The highest BCUT2D eigenvalue weighted by Gasteiger charge is 2.24. The van der Waals surface area contributed by atoms with E-state index in [9.17, 15) is 26.0 Å². The van der Waals surface area contributed by atoms with Crippen molar-refractivity contribution in [3.8, 4) is 0 Å². The number of rotatable bonds is 2. The van der Waals surface area contributed by atoms with Crippen LogP contribution >= 0.6 is 0 Å². The third-order valence-electron chi connectivity index (χ3n) is 1.40. The molecule has 0 unspecified atom stereocenters. The molecule has 1 aromatic heterocycles. The first-order valence-electron chi connectivity index (χ1n) is 3.40. The number of halogens is 4. The number of hydrogen-bond donors (Lipinski definition) is 1. The number of alkyl halides is 2. The molecule has 0 aliphatic carbocycles. The molecule has 4 nitrogen and oxygen atoms in total. The van der Waals surface area contributed by atoms with E-state index in [0.717, 1.165) is 0 Å². The number of nitrogens with zero attached hydrogens (tertiary/aromatic N) is 1. The third kappa shape index (κ3) is 2.42. The standard InChI is InChI=1S/C6H4F4N2O2S/c7-2-1-3(8)6(15(11,13)14)12-4(2)5(9)10/h1,5H,(H2,11,13,14). The summed E-state index contributed by atoms with van der Waals surface area (Å²) in [6, 6.07) is -0.00572. The molecule has 0 fully saturated rings. The van der Waals surface area contributed by atoms with Crippen molar-refractivity contribution in [3.63, 3.8) is 0 Å². The lowest BCUT2D eigenvalue weighted by Gasteiger charge is -2.04. The monoisotopic (exact) mass is 244 g/mol. The van der Waals surface area contributed by atoms with Gasteiger partial charge in [-0.05, 0) is 0 Å². The summed E-state index contributed by atoms with van der Waals surface area (Å²) in [4.78, 5) is 2.63. The summed E-state index contributed by atoms with van der Waals surface area (Å²) in [5.41, 5.74) is -1.46. The summed E-state index contributed by atoms with van der Waals surface area (Å²) >= 11 is 0. The smallest absolute Gasteiger partial charge is 0.228 e. The second-order valence-corrected chi connectivity index (χ2v) is 3.96. The maximum atomic E-state index is 12.8. The molecule has 0 aliphatic rings. The molecule has 0 aliphatic heterocycles. The zero-order valence-corrected chi connectivity index (χ0v) is 7.73. The summed E-state index contributed by atoms with van der Waals surface area (Å²) in [7, 11) is -4.59. The number of aromatic nitrogens is 1. The average Bonchev–Trinajstić information content (AvgIpc) is 2.00. The SMILES string of the molecule is NS(=O)(=O)c1nc(C(F)F)c(F)cc1F. The fourth-order valence-corrected chi connectivity index (χ4v) is 1.37. The van der Waals surface area contributed by atoms with Crippen LogP contribution in [0.1, 0.15) is 12.1 Å². The van der Waals surface area contributed by atoms with Gasteiger partial charge in [0.05, 0.1) is 0 Å². The molecule has 2 N–H and O–H groups in total. The van der Waals surface area contributed by atoms with E-state index in [0.29, 0.717) is 0 Å². The summed E-state index contributed by atoms with van der Waals surface area (Å²) in [5, 5.41) is 3.08. The van der Waals surface area contributed by atoms with Crippen molar-refractivity contribution in [2.75, 3.05) is 0 Å². The number of pyridine rings is 1. The van der Waals surface area contributed by atoms with Crippen LogP contribution in [-0.2, 0) is 10.0 Å². The van der Waals surface area contributed by atoms with Gasteiger partial charge >= 0.3 is 0 Å². The average molecular weight is 244 g/mol. The van der Waals surface area contributed by atoms with Crippen LogP contribution in [0.5, 0.6) is 0 Å². The molecule has 15 heavy (non-hydrogen) atoms. The minimum Gasteiger partial charge on any atom is -0.228 e. The number of sulfonamides is 1. The highest BCUT2D eigenvalue weighted by molar-refractivity contribution is 7.89. The zero-order chi connectivity index (χ0) is 11.8. The van der Waals surface area contributed by atoms with Gasteiger partial charge in [0.15, 0.2) is 11.6 Å². The topological polar surface area (TPSA) is 73.1 Å². The molecule has 0 radical (unpaired) electrons. The molecule has 0 saturated carbocycles. The predicted octanol–water partition coefficient (Wildman–Crippen LogP) is 0.945. The van der Waals surface area contributed by atoms with E-state index in [-0.39, 0.29) is 6.07 Å². The molecular weight excluding hydrogens is 240 g/mol. The fraction of sp³-hybridized carbons (Fsp3) is 0.167. The Morgan fingerprint density at radius 3 is 2.20 bits per heavy atom. The highest BCUT2D eigenvalue weighted by atomic mass is 32.2. The van der Waals surface area contributed by atoms with Gasteiger partial charge in [0.25, 0.3) is 16.4 Å². The maximum absolute atomic E-state index is 12.8. The van der Waals surface area contributed by atoms with Crippen molar-refractivity contribution in [1.82, 2.24) is 4.98 Å². The fourth-order valence-electron chi connectivity index (χ4n) is 0.816. The minimum atomic E-state index is -4.59. The Morgan fingerprint density at radius 1 is 1.27 bits per heavy atom. The van der Waals surface area contributed by atoms with E-state index in [1.807, 2.05) is 0 Å². The molecule has 0 spiro atoms. The molecule has 0 aromatic carbocycles. The van der Waals surface area contributed by atoms with Crippen LogP contribution in [0.25, 0.3) is 0 Å². The molecule has 0 amide bonds. The Kier molecular flexibility index (Phi) is 2.95. The van der Waals surface area contributed by atoms with Crippen LogP contribution in [0.4, 0.5) is 17.6 Å². The lowest BCUT2D eigenvalue weighted by molar-refractivity contribution is 0.139. The van der Waals surface area contributed by atoms with Crippen molar-refractivity contribution in [3.05, 3.63) is 23.4 Å². The number of hydrogen-bond acceptors (Lipinski definition) is 3. The van der Waals surface area contributed by atoms with E-state index in [4.69, 9.17) is 0 Å². The molecular formula is C6H4F4N2O2S. The molecule has 84 valence electrons. The lowest BCUT2D eigenvalue weighted by atomic mass is 10.3.